The smallest absolute Gasteiger partial charge is 0.330 e. The van der Waals surface area contributed by atoms with E-state index in [1.54, 1.807) is 19.1 Å². The molecule has 2 N–H and O–H groups in total. The predicted octanol–water partition coefficient (Wildman–Crippen LogP) is 0.641. The van der Waals surface area contributed by atoms with Crippen LogP contribution in [-0.4, -0.2) is 31.0 Å². The minimum Gasteiger partial charge on any atom is -0.484 e. The van der Waals surface area contributed by atoms with Crippen molar-refractivity contribution in [3.05, 3.63) is 42.0 Å². The Morgan fingerprint density at radius 3 is 2.64 bits per heavy atom. The highest BCUT2D eigenvalue weighted by Gasteiger charge is 2.04. The number of esters is 1. The van der Waals surface area contributed by atoms with E-state index < -0.39 is 17.8 Å². The van der Waals surface area contributed by atoms with Crippen LogP contribution in [0.3, 0.4) is 0 Å². The van der Waals surface area contributed by atoms with E-state index >= 15 is 0 Å². The number of aryl methyl sites for hydroxylation is 1. The van der Waals surface area contributed by atoms with Crippen molar-refractivity contribution in [3.8, 4) is 5.75 Å². The summed E-state index contributed by atoms with van der Waals surface area (Å²) in [7, 11) is 0. The molecule has 1 aromatic carbocycles. The highest BCUT2D eigenvalue weighted by Crippen LogP contribution is 2.11. The predicted molar refractivity (Wildman–Crippen MR) is 78.7 cm³/mol. The molecule has 22 heavy (non-hydrogen) atoms. The molecule has 0 aliphatic rings. The van der Waals surface area contributed by atoms with Crippen molar-refractivity contribution in [3.63, 3.8) is 0 Å². The van der Waals surface area contributed by atoms with E-state index in [1.165, 1.54) is 0 Å². The largest absolute Gasteiger partial charge is 0.484 e. The lowest BCUT2D eigenvalue weighted by Gasteiger charge is -2.08. The molecule has 1 aromatic rings. The fraction of sp³-hybridized carbons (Fsp3) is 0.267. The van der Waals surface area contributed by atoms with Gasteiger partial charge < -0.3 is 9.47 Å². The van der Waals surface area contributed by atoms with Gasteiger partial charge in [0.2, 0.25) is 0 Å². The first-order chi connectivity index (χ1) is 10.5. The topological polar surface area (TPSA) is 93.7 Å². The summed E-state index contributed by atoms with van der Waals surface area (Å²) in [5, 5.41) is 0. The van der Waals surface area contributed by atoms with Gasteiger partial charge in [0, 0.05) is 12.2 Å². The van der Waals surface area contributed by atoms with Crippen molar-refractivity contribution in [2.45, 2.75) is 13.8 Å². The lowest BCUT2D eigenvalue weighted by atomic mass is 10.2. The Bertz CT molecular complexity index is 569. The second-order valence-electron chi connectivity index (χ2n) is 4.23. The lowest BCUT2D eigenvalue weighted by Crippen LogP contribution is -2.43. The number of carbonyl (C=O) groups is 3. The number of ether oxygens (including phenoxy) is 2. The minimum atomic E-state index is -0.656. The van der Waals surface area contributed by atoms with Gasteiger partial charge in [0.25, 0.3) is 11.8 Å². The molecule has 0 aromatic heterocycles. The van der Waals surface area contributed by atoms with Crippen LogP contribution in [0.1, 0.15) is 12.5 Å². The van der Waals surface area contributed by atoms with E-state index in [1.807, 2.05) is 19.1 Å². The second kappa shape index (κ2) is 9.17. The van der Waals surface area contributed by atoms with Crippen molar-refractivity contribution in [2.24, 2.45) is 0 Å². The molecule has 7 nitrogen and oxygen atoms in total. The number of hydrogen-bond donors (Lipinski definition) is 2. The number of amides is 2. The Morgan fingerprint density at radius 2 is 1.95 bits per heavy atom. The molecule has 0 unspecified atom stereocenters. The Kier molecular flexibility index (Phi) is 7.18. The van der Waals surface area contributed by atoms with Crippen molar-refractivity contribution >= 4 is 17.8 Å². The van der Waals surface area contributed by atoms with Crippen molar-refractivity contribution in [2.75, 3.05) is 13.2 Å². The van der Waals surface area contributed by atoms with Crippen molar-refractivity contribution in [1.82, 2.24) is 10.9 Å². The summed E-state index contributed by atoms with van der Waals surface area (Å²) in [6, 6.07) is 7.22. The van der Waals surface area contributed by atoms with Gasteiger partial charge in [-0.25, -0.2) is 4.79 Å². The van der Waals surface area contributed by atoms with Crippen LogP contribution < -0.4 is 15.6 Å². The molecule has 0 saturated carbocycles. The maximum Gasteiger partial charge on any atom is 0.330 e. The van der Waals surface area contributed by atoms with Crippen LogP contribution in [0.4, 0.5) is 0 Å². The SMILES string of the molecule is CCOC(=O)/C=C/C(=O)NNC(=O)COc1cccc(C)c1. The summed E-state index contributed by atoms with van der Waals surface area (Å²) >= 11 is 0. The summed E-state index contributed by atoms with van der Waals surface area (Å²) in [6.45, 7) is 3.53. The zero-order valence-electron chi connectivity index (χ0n) is 12.4. The molecule has 7 heteroatoms. The van der Waals surface area contributed by atoms with E-state index in [-0.39, 0.29) is 13.2 Å². The molecule has 0 heterocycles. The first kappa shape index (κ1) is 17.2. The molecule has 0 aliphatic heterocycles. The highest BCUT2D eigenvalue weighted by atomic mass is 16.5. The van der Waals surface area contributed by atoms with Gasteiger partial charge in [0.15, 0.2) is 6.61 Å². The van der Waals surface area contributed by atoms with Gasteiger partial charge in [-0.3, -0.25) is 20.4 Å². The van der Waals surface area contributed by atoms with Gasteiger partial charge in [0.05, 0.1) is 6.61 Å². The molecule has 1 rings (SSSR count). The molecule has 0 bridgehead atoms. The summed E-state index contributed by atoms with van der Waals surface area (Å²) in [4.78, 5) is 33.8. The first-order valence-electron chi connectivity index (χ1n) is 6.64. The van der Waals surface area contributed by atoms with Crippen LogP contribution in [0.5, 0.6) is 5.75 Å². The van der Waals surface area contributed by atoms with Gasteiger partial charge in [-0.2, -0.15) is 0 Å². The molecule has 0 spiro atoms. The van der Waals surface area contributed by atoms with Gasteiger partial charge >= 0.3 is 5.97 Å². The number of hydrogen-bond acceptors (Lipinski definition) is 5. The summed E-state index contributed by atoms with van der Waals surface area (Å²) in [6.07, 6.45) is 1.92. The van der Waals surface area contributed by atoms with Crippen LogP contribution >= 0.6 is 0 Å². The van der Waals surface area contributed by atoms with Gasteiger partial charge in [-0.15, -0.1) is 0 Å². The standard InChI is InChI=1S/C15H18N2O5/c1-3-21-15(20)8-7-13(18)16-17-14(19)10-22-12-6-4-5-11(2)9-12/h4-9H,3,10H2,1-2H3,(H,16,18)(H,17,19)/b8-7+. The monoisotopic (exact) mass is 306 g/mol. The fourth-order valence-corrected chi connectivity index (χ4v) is 1.40. The minimum absolute atomic E-state index is 0.220. The Hall–Kier alpha value is -2.83. The average Bonchev–Trinajstić information content (AvgIpc) is 2.49. The molecule has 0 atom stereocenters. The number of hydrazine groups is 1. The highest BCUT2D eigenvalue weighted by molar-refractivity contribution is 5.95. The number of rotatable bonds is 6. The van der Waals surface area contributed by atoms with Crippen LogP contribution in [0.25, 0.3) is 0 Å². The fourth-order valence-electron chi connectivity index (χ4n) is 1.40. The van der Waals surface area contributed by atoms with Gasteiger partial charge in [-0.05, 0) is 31.5 Å². The number of benzene rings is 1. The second-order valence-corrected chi connectivity index (χ2v) is 4.23. The van der Waals surface area contributed by atoms with E-state index in [2.05, 4.69) is 15.6 Å². The van der Waals surface area contributed by atoms with E-state index in [0.717, 1.165) is 17.7 Å². The maximum atomic E-state index is 11.5. The maximum absolute atomic E-state index is 11.5. The summed E-state index contributed by atoms with van der Waals surface area (Å²) in [5.41, 5.74) is 5.28. The Labute approximate surface area is 128 Å². The molecule has 0 radical (unpaired) electrons. The number of nitrogens with one attached hydrogen (secondary N) is 2. The Balaban J connectivity index is 2.28. The lowest BCUT2D eigenvalue weighted by molar-refractivity contribution is -0.137. The van der Waals surface area contributed by atoms with Crippen molar-refractivity contribution in [1.29, 1.82) is 0 Å². The van der Waals surface area contributed by atoms with Crippen molar-refractivity contribution < 1.29 is 23.9 Å². The van der Waals surface area contributed by atoms with Gasteiger partial charge in [0.1, 0.15) is 5.75 Å². The molecular weight excluding hydrogens is 288 g/mol. The molecular formula is C15H18N2O5. The molecule has 0 saturated heterocycles. The molecule has 2 amide bonds. The van der Waals surface area contributed by atoms with Crippen LogP contribution in [-0.2, 0) is 19.1 Å². The van der Waals surface area contributed by atoms with E-state index in [9.17, 15) is 14.4 Å². The van der Waals surface area contributed by atoms with E-state index in [0.29, 0.717) is 5.75 Å². The average molecular weight is 306 g/mol. The normalized spacial score (nSPS) is 10.1. The third kappa shape index (κ3) is 7.09. The molecule has 0 fully saturated rings. The quantitative estimate of drug-likeness (QED) is 0.457. The third-order valence-electron chi connectivity index (χ3n) is 2.34. The van der Waals surface area contributed by atoms with Gasteiger partial charge in [-0.1, -0.05) is 12.1 Å². The summed E-state index contributed by atoms with van der Waals surface area (Å²) < 4.78 is 9.86. The third-order valence-corrected chi connectivity index (χ3v) is 2.34. The first-order valence-corrected chi connectivity index (χ1v) is 6.64. The van der Waals surface area contributed by atoms with Crippen LogP contribution in [0.2, 0.25) is 0 Å². The Morgan fingerprint density at radius 1 is 1.18 bits per heavy atom. The number of carbonyl (C=O) groups excluding carboxylic acids is 3. The molecule has 0 aliphatic carbocycles. The van der Waals surface area contributed by atoms with E-state index in [4.69, 9.17) is 4.74 Å². The summed E-state index contributed by atoms with van der Waals surface area (Å²) in [5.74, 6) is -1.26. The zero-order chi connectivity index (χ0) is 16.4. The van der Waals surface area contributed by atoms with Crippen LogP contribution in [0.15, 0.2) is 36.4 Å². The van der Waals surface area contributed by atoms with Crippen LogP contribution in [0, 0.1) is 6.92 Å². The molecule has 118 valence electrons. The zero-order valence-corrected chi connectivity index (χ0v) is 12.4.